The minimum absolute atomic E-state index is 0.100. The molecule has 0 aromatic heterocycles. The van der Waals surface area contributed by atoms with Gasteiger partial charge in [0.15, 0.2) is 0 Å². The second kappa shape index (κ2) is 5.22. The van der Waals surface area contributed by atoms with Gasteiger partial charge in [-0.15, -0.1) is 0 Å². The van der Waals surface area contributed by atoms with Crippen molar-refractivity contribution in [3.63, 3.8) is 0 Å². The quantitative estimate of drug-likeness (QED) is 0.735. The lowest BCUT2D eigenvalue weighted by Crippen LogP contribution is -2.59. The van der Waals surface area contributed by atoms with E-state index in [9.17, 15) is 5.11 Å². The highest BCUT2D eigenvalue weighted by molar-refractivity contribution is 5.02. The zero-order valence-electron chi connectivity index (χ0n) is 11.3. The summed E-state index contributed by atoms with van der Waals surface area (Å²) in [7, 11) is 1.97. The molecule has 1 unspecified atom stereocenters. The van der Waals surface area contributed by atoms with Crippen LogP contribution in [-0.2, 0) is 4.74 Å². The molecule has 0 spiro atoms. The Kier molecular flexibility index (Phi) is 4.08. The molecular formula is C13H26N2O2. The smallest absolute Gasteiger partial charge is 0.0678 e. The lowest BCUT2D eigenvalue weighted by atomic mass is 9.93. The molecule has 17 heavy (non-hydrogen) atoms. The van der Waals surface area contributed by atoms with Gasteiger partial charge in [-0.25, -0.2) is 0 Å². The van der Waals surface area contributed by atoms with E-state index in [0.29, 0.717) is 18.1 Å². The Balaban J connectivity index is 1.97. The minimum Gasteiger partial charge on any atom is -0.394 e. The predicted molar refractivity (Wildman–Crippen MR) is 68.0 cm³/mol. The fraction of sp³-hybridized carbons (Fsp3) is 1.00. The number of hydrogen-bond acceptors (Lipinski definition) is 4. The number of morpholine rings is 1. The predicted octanol–water partition coefficient (Wildman–Crippen LogP) is 0.456. The summed E-state index contributed by atoms with van der Waals surface area (Å²) in [5.74, 6) is 0.644. The van der Waals surface area contributed by atoms with Crippen molar-refractivity contribution >= 4 is 0 Å². The summed E-state index contributed by atoms with van der Waals surface area (Å²) in [6.45, 7) is 7.36. The molecule has 3 atom stereocenters. The SMILES string of the molecule is CNC(CO)(CN1C[C@@H](C)O[C@@H](C)C1)C1CC1. The Labute approximate surface area is 104 Å². The van der Waals surface area contributed by atoms with E-state index in [1.54, 1.807) is 0 Å². The van der Waals surface area contributed by atoms with E-state index in [-0.39, 0.29) is 12.1 Å². The molecule has 1 saturated heterocycles. The van der Waals surface area contributed by atoms with Crippen molar-refractivity contribution in [1.82, 2.24) is 10.2 Å². The van der Waals surface area contributed by atoms with Crippen molar-refractivity contribution in [1.29, 1.82) is 0 Å². The van der Waals surface area contributed by atoms with Gasteiger partial charge in [-0.05, 0) is 39.7 Å². The maximum atomic E-state index is 9.73. The number of rotatable bonds is 5. The summed E-state index contributed by atoms with van der Waals surface area (Å²) < 4.78 is 5.75. The van der Waals surface area contributed by atoms with Crippen LogP contribution in [0.4, 0.5) is 0 Å². The van der Waals surface area contributed by atoms with Gasteiger partial charge in [-0.2, -0.15) is 0 Å². The highest BCUT2D eigenvalue weighted by atomic mass is 16.5. The highest BCUT2D eigenvalue weighted by Crippen LogP contribution is 2.40. The molecule has 0 radical (unpaired) electrons. The van der Waals surface area contributed by atoms with Gasteiger partial charge < -0.3 is 15.2 Å². The van der Waals surface area contributed by atoms with Gasteiger partial charge >= 0.3 is 0 Å². The van der Waals surface area contributed by atoms with E-state index >= 15 is 0 Å². The molecule has 1 aliphatic heterocycles. The van der Waals surface area contributed by atoms with Gasteiger partial charge in [0.2, 0.25) is 0 Å². The number of nitrogens with one attached hydrogen (secondary N) is 1. The fourth-order valence-electron chi connectivity index (χ4n) is 3.12. The first-order valence-electron chi connectivity index (χ1n) is 6.77. The summed E-state index contributed by atoms with van der Waals surface area (Å²) in [4.78, 5) is 2.43. The summed E-state index contributed by atoms with van der Waals surface area (Å²) in [5, 5.41) is 13.1. The third-order valence-electron chi connectivity index (χ3n) is 4.14. The average Bonchev–Trinajstić information content (AvgIpc) is 3.09. The second-order valence-electron chi connectivity index (χ2n) is 5.79. The average molecular weight is 242 g/mol. The van der Waals surface area contributed by atoms with Crippen LogP contribution in [0.2, 0.25) is 0 Å². The molecule has 1 aliphatic carbocycles. The van der Waals surface area contributed by atoms with Gasteiger partial charge in [0.25, 0.3) is 0 Å². The third-order valence-corrected chi connectivity index (χ3v) is 4.14. The normalized spacial score (nSPS) is 34.6. The molecule has 0 aromatic rings. The number of ether oxygens (including phenoxy) is 1. The van der Waals surface area contributed by atoms with Crippen LogP contribution in [0.1, 0.15) is 26.7 Å². The lowest BCUT2D eigenvalue weighted by molar-refractivity contribution is -0.0777. The molecule has 0 aromatic carbocycles. The van der Waals surface area contributed by atoms with Crippen LogP contribution in [-0.4, -0.2) is 61.0 Å². The molecule has 1 saturated carbocycles. The number of aliphatic hydroxyl groups excluding tert-OH is 1. The van der Waals surface area contributed by atoms with Crippen molar-refractivity contribution in [2.45, 2.75) is 44.4 Å². The Bertz CT molecular complexity index is 242. The standard InChI is InChI=1S/C13H26N2O2/c1-10-6-15(7-11(2)17-10)8-13(9-16,14-3)12-4-5-12/h10-12,14,16H,4-9H2,1-3H3/t10-,11+,13?. The van der Waals surface area contributed by atoms with Crippen LogP contribution < -0.4 is 5.32 Å². The first kappa shape index (κ1) is 13.3. The molecule has 1 heterocycles. The molecular weight excluding hydrogens is 216 g/mol. The van der Waals surface area contributed by atoms with E-state index in [1.165, 1.54) is 12.8 Å². The Morgan fingerprint density at radius 1 is 1.29 bits per heavy atom. The van der Waals surface area contributed by atoms with Crippen LogP contribution in [0.15, 0.2) is 0 Å². The number of nitrogens with zero attached hydrogens (tertiary/aromatic N) is 1. The monoisotopic (exact) mass is 242 g/mol. The molecule has 2 N–H and O–H groups in total. The second-order valence-corrected chi connectivity index (χ2v) is 5.79. The Morgan fingerprint density at radius 3 is 2.29 bits per heavy atom. The molecule has 0 bridgehead atoms. The van der Waals surface area contributed by atoms with Crippen molar-refractivity contribution < 1.29 is 9.84 Å². The molecule has 2 rings (SSSR count). The van der Waals surface area contributed by atoms with E-state index in [2.05, 4.69) is 24.1 Å². The van der Waals surface area contributed by atoms with Crippen molar-refractivity contribution in [2.75, 3.05) is 33.3 Å². The zero-order chi connectivity index (χ0) is 12.5. The Morgan fingerprint density at radius 2 is 1.88 bits per heavy atom. The van der Waals surface area contributed by atoms with Crippen LogP contribution in [0.25, 0.3) is 0 Å². The fourth-order valence-corrected chi connectivity index (χ4v) is 3.12. The lowest BCUT2D eigenvalue weighted by Gasteiger charge is -2.42. The van der Waals surface area contributed by atoms with Gasteiger partial charge in [0.05, 0.1) is 24.4 Å². The van der Waals surface area contributed by atoms with Crippen LogP contribution in [0.3, 0.4) is 0 Å². The summed E-state index contributed by atoms with van der Waals surface area (Å²) in [6.07, 6.45) is 3.09. The van der Waals surface area contributed by atoms with Gasteiger partial charge in [0, 0.05) is 19.6 Å². The van der Waals surface area contributed by atoms with Crippen LogP contribution in [0.5, 0.6) is 0 Å². The molecule has 2 aliphatic rings. The van der Waals surface area contributed by atoms with Crippen molar-refractivity contribution in [2.24, 2.45) is 5.92 Å². The number of aliphatic hydroxyl groups is 1. The van der Waals surface area contributed by atoms with E-state index in [1.807, 2.05) is 7.05 Å². The first-order chi connectivity index (χ1) is 8.09. The minimum atomic E-state index is -0.100. The third kappa shape index (κ3) is 2.99. The van der Waals surface area contributed by atoms with Crippen LogP contribution >= 0.6 is 0 Å². The van der Waals surface area contributed by atoms with E-state index < -0.39 is 0 Å². The van der Waals surface area contributed by atoms with Crippen molar-refractivity contribution in [3.05, 3.63) is 0 Å². The first-order valence-corrected chi connectivity index (χ1v) is 6.77. The summed E-state index contributed by atoms with van der Waals surface area (Å²) in [6, 6.07) is 0. The molecule has 2 fully saturated rings. The largest absolute Gasteiger partial charge is 0.394 e. The van der Waals surface area contributed by atoms with Gasteiger partial charge in [-0.3, -0.25) is 4.90 Å². The van der Waals surface area contributed by atoms with Gasteiger partial charge in [0.1, 0.15) is 0 Å². The summed E-state index contributed by atoms with van der Waals surface area (Å²) >= 11 is 0. The maximum absolute atomic E-state index is 9.73. The topological polar surface area (TPSA) is 44.7 Å². The highest BCUT2D eigenvalue weighted by Gasteiger charge is 2.45. The Hall–Kier alpha value is -0.160. The number of likely N-dealkylation sites (N-methyl/N-ethyl adjacent to an activating group) is 1. The molecule has 100 valence electrons. The summed E-state index contributed by atoms with van der Waals surface area (Å²) in [5.41, 5.74) is -0.100. The van der Waals surface area contributed by atoms with E-state index in [0.717, 1.165) is 19.6 Å². The van der Waals surface area contributed by atoms with Crippen molar-refractivity contribution in [3.8, 4) is 0 Å². The zero-order valence-corrected chi connectivity index (χ0v) is 11.3. The van der Waals surface area contributed by atoms with E-state index in [4.69, 9.17) is 4.74 Å². The van der Waals surface area contributed by atoms with Gasteiger partial charge in [-0.1, -0.05) is 0 Å². The molecule has 4 nitrogen and oxygen atoms in total. The van der Waals surface area contributed by atoms with Crippen LogP contribution in [0, 0.1) is 5.92 Å². The molecule has 4 heteroatoms. The molecule has 0 amide bonds. The number of hydrogen-bond donors (Lipinski definition) is 2. The maximum Gasteiger partial charge on any atom is 0.0678 e.